The number of hydrogen-bond acceptors (Lipinski definition) is 4. The molecule has 6 heteroatoms. The summed E-state index contributed by atoms with van der Waals surface area (Å²) in [6.45, 7) is 4.29. The number of carbonyl (C=O) groups is 1. The van der Waals surface area contributed by atoms with Crippen LogP contribution in [0.15, 0.2) is 53.7 Å². The number of nitrogens with zero attached hydrogens (tertiary/aromatic N) is 2. The fourth-order valence-corrected chi connectivity index (χ4v) is 3.45. The molecule has 0 aliphatic carbocycles. The first kappa shape index (κ1) is 19.2. The number of nitrogens with one attached hydrogen (secondary N) is 2. The Labute approximate surface area is 164 Å². The molecule has 0 fully saturated rings. The predicted molar refractivity (Wildman–Crippen MR) is 110 cm³/mol. The van der Waals surface area contributed by atoms with Crippen molar-refractivity contribution in [2.24, 2.45) is 0 Å². The molecule has 2 aromatic carbocycles. The molecular formula is C21H24N4OS. The molecule has 1 heterocycles. The third kappa shape index (κ3) is 5.96. The van der Waals surface area contributed by atoms with Gasteiger partial charge in [-0.25, -0.2) is 4.98 Å². The lowest BCUT2D eigenvalue weighted by Crippen LogP contribution is -2.22. The number of H-pyrrole nitrogens is 1. The summed E-state index contributed by atoms with van der Waals surface area (Å²) < 4.78 is 0. The summed E-state index contributed by atoms with van der Waals surface area (Å²) in [5, 5.41) is 10.9. The van der Waals surface area contributed by atoms with Crippen molar-refractivity contribution in [1.82, 2.24) is 20.5 Å². The monoisotopic (exact) mass is 380 g/mol. The second kappa shape index (κ2) is 9.37. The zero-order valence-electron chi connectivity index (χ0n) is 15.7. The van der Waals surface area contributed by atoms with Crippen LogP contribution < -0.4 is 5.32 Å². The van der Waals surface area contributed by atoms with Crippen molar-refractivity contribution in [1.29, 1.82) is 0 Å². The van der Waals surface area contributed by atoms with Gasteiger partial charge in [0, 0.05) is 24.8 Å². The van der Waals surface area contributed by atoms with Gasteiger partial charge in [-0.3, -0.25) is 9.89 Å². The largest absolute Gasteiger partial charge is 0.356 e. The van der Waals surface area contributed by atoms with E-state index >= 15 is 0 Å². The summed E-state index contributed by atoms with van der Waals surface area (Å²) in [5.74, 6) is 1.75. The van der Waals surface area contributed by atoms with Gasteiger partial charge in [0.15, 0.2) is 5.82 Å². The average molecular weight is 381 g/mol. The summed E-state index contributed by atoms with van der Waals surface area (Å²) in [6, 6.07) is 16.8. The van der Waals surface area contributed by atoms with Crippen molar-refractivity contribution in [3.05, 3.63) is 65.2 Å². The molecule has 3 aromatic rings. The van der Waals surface area contributed by atoms with Crippen molar-refractivity contribution in [3.63, 3.8) is 0 Å². The second-order valence-electron chi connectivity index (χ2n) is 6.48. The molecule has 0 unspecified atom stereocenters. The highest BCUT2D eigenvalue weighted by Crippen LogP contribution is 2.20. The molecule has 0 radical (unpaired) electrons. The highest BCUT2D eigenvalue weighted by atomic mass is 32.2. The molecule has 2 N–H and O–H groups in total. The summed E-state index contributed by atoms with van der Waals surface area (Å²) in [7, 11) is 0. The standard InChI is InChI=1S/C21H24N4OS/c1-15-3-9-19(10-4-15)20-23-21(25-24-20)27-14-12-18-7-5-17(6-8-18)11-13-22-16(2)26/h3-10H,11-14H2,1-2H3,(H,22,26)(H,23,24,25). The van der Waals surface area contributed by atoms with Gasteiger partial charge in [-0.15, -0.1) is 5.10 Å². The van der Waals surface area contributed by atoms with Gasteiger partial charge < -0.3 is 5.32 Å². The Morgan fingerprint density at radius 3 is 2.37 bits per heavy atom. The van der Waals surface area contributed by atoms with Crippen LogP contribution in [0.2, 0.25) is 0 Å². The molecule has 0 atom stereocenters. The third-order valence-corrected chi connectivity index (χ3v) is 5.07. The van der Waals surface area contributed by atoms with E-state index in [1.54, 1.807) is 18.7 Å². The first-order chi connectivity index (χ1) is 13.1. The summed E-state index contributed by atoms with van der Waals surface area (Å²) >= 11 is 1.65. The second-order valence-corrected chi connectivity index (χ2v) is 7.54. The maximum Gasteiger partial charge on any atom is 0.216 e. The van der Waals surface area contributed by atoms with Crippen LogP contribution in [0.4, 0.5) is 0 Å². The van der Waals surface area contributed by atoms with Crippen molar-refractivity contribution in [2.75, 3.05) is 12.3 Å². The van der Waals surface area contributed by atoms with Crippen molar-refractivity contribution < 1.29 is 4.79 Å². The maximum absolute atomic E-state index is 10.9. The molecular weight excluding hydrogens is 356 g/mol. The maximum atomic E-state index is 10.9. The van der Waals surface area contributed by atoms with Crippen LogP contribution in [0.5, 0.6) is 0 Å². The number of thioether (sulfide) groups is 1. The average Bonchev–Trinajstić information content (AvgIpc) is 3.12. The fraction of sp³-hybridized carbons (Fsp3) is 0.286. The Morgan fingerprint density at radius 2 is 1.70 bits per heavy atom. The fourth-order valence-electron chi connectivity index (χ4n) is 2.67. The van der Waals surface area contributed by atoms with E-state index in [2.05, 4.69) is 76.0 Å². The van der Waals surface area contributed by atoms with E-state index in [1.807, 2.05) is 0 Å². The van der Waals surface area contributed by atoms with Crippen LogP contribution in [0, 0.1) is 6.92 Å². The van der Waals surface area contributed by atoms with Gasteiger partial charge in [-0.2, -0.15) is 0 Å². The van der Waals surface area contributed by atoms with E-state index in [4.69, 9.17) is 0 Å². The number of amides is 1. The van der Waals surface area contributed by atoms with Crippen LogP contribution in [-0.2, 0) is 17.6 Å². The van der Waals surface area contributed by atoms with Gasteiger partial charge >= 0.3 is 0 Å². The van der Waals surface area contributed by atoms with E-state index in [9.17, 15) is 4.79 Å². The van der Waals surface area contributed by atoms with Crippen LogP contribution >= 0.6 is 11.8 Å². The molecule has 0 spiro atoms. The Kier molecular flexibility index (Phi) is 6.65. The number of aromatic amines is 1. The SMILES string of the molecule is CC(=O)NCCc1ccc(CCSc2n[nH]c(-c3ccc(C)cc3)n2)cc1. The van der Waals surface area contributed by atoms with Gasteiger partial charge in [-0.1, -0.05) is 65.9 Å². The molecule has 27 heavy (non-hydrogen) atoms. The Balaban J connectivity index is 1.46. The number of benzene rings is 2. The van der Waals surface area contributed by atoms with E-state index in [0.29, 0.717) is 6.54 Å². The molecule has 0 aliphatic heterocycles. The molecule has 5 nitrogen and oxygen atoms in total. The molecule has 0 saturated carbocycles. The Bertz CT molecular complexity index is 872. The Hall–Kier alpha value is -2.60. The number of aryl methyl sites for hydroxylation is 2. The minimum absolute atomic E-state index is 0.0150. The van der Waals surface area contributed by atoms with Gasteiger partial charge in [0.25, 0.3) is 0 Å². The van der Waals surface area contributed by atoms with Crippen molar-refractivity contribution >= 4 is 17.7 Å². The van der Waals surface area contributed by atoms with Gasteiger partial charge in [0.2, 0.25) is 11.1 Å². The Morgan fingerprint density at radius 1 is 1.04 bits per heavy atom. The molecule has 1 amide bonds. The number of rotatable bonds is 8. The van der Waals surface area contributed by atoms with Crippen LogP contribution in [0.1, 0.15) is 23.6 Å². The molecule has 0 bridgehead atoms. The van der Waals surface area contributed by atoms with Crippen LogP contribution in [-0.4, -0.2) is 33.4 Å². The molecule has 140 valence electrons. The predicted octanol–water partition coefficient (Wildman–Crippen LogP) is 3.79. The smallest absolute Gasteiger partial charge is 0.216 e. The van der Waals surface area contributed by atoms with E-state index < -0.39 is 0 Å². The van der Waals surface area contributed by atoms with E-state index in [0.717, 1.165) is 35.1 Å². The van der Waals surface area contributed by atoms with E-state index in [-0.39, 0.29) is 5.91 Å². The lowest BCUT2D eigenvalue weighted by atomic mass is 10.1. The van der Waals surface area contributed by atoms with Gasteiger partial charge in [-0.05, 0) is 30.9 Å². The van der Waals surface area contributed by atoms with Crippen LogP contribution in [0.3, 0.4) is 0 Å². The molecule has 0 aliphatic rings. The van der Waals surface area contributed by atoms with Crippen molar-refractivity contribution in [3.8, 4) is 11.4 Å². The highest BCUT2D eigenvalue weighted by Gasteiger charge is 2.06. The van der Waals surface area contributed by atoms with Gasteiger partial charge in [0.05, 0.1) is 0 Å². The summed E-state index contributed by atoms with van der Waals surface area (Å²) in [4.78, 5) is 15.5. The molecule has 1 aromatic heterocycles. The molecule has 0 saturated heterocycles. The topological polar surface area (TPSA) is 70.7 Å². The first-order valence-electron chi connectivity index (χ1n) is 9.04. The lowest BCUT2D eigenvalue weighted by Gasteiger charge is -2.04. The minimum atomic E-state index is 0.0150. The normalized spacial score (nSPS) is 10.7. The number of hydrogen-bond donors (Lipinski definition) is 2. The molecule has 3 rings (SSSR count). The zero-order valence-corrected chi connectivity index (χ0v) is 16.5. The first-order valence-corrected chi connectivity index (χ1v) is 10.0. The minimum Gasteiger partial charge on any atom is -0.356 e. The lowest BCUT2D eigenvalue weighted by molar-refractivity contribution is -0.118. The van der Waals surface area contributed by atoms with Crippen molar-refractivity contribution in [2.45, 2.75) is 31.8 Å². The number of carbonyl (C=O) groups excluding carboxylic acids is 1. The third-order valence-electron chi connectivity index (χ3n) is 4.22. The highest BCUT2D eigenvalue weighted by molar-refractivity contribution is 7.99. The van der Waals surface area contributed by atoms with Crippen LogP contribution in [0.25, 0.3) is 11.4 Å². The van der Waals surface area contributed by atoms with E-state index in [1.165, 1.54) is 16.7 Å². The zero-order chi connectivity index (χ0) is 19.1. The quantitative estimate of drug-likeness (QED) is 0.583. The summed E-state index contributed by atoms with van der Waals surface area (Å²) in [6.07, 6.45) is 1.82. The van der Waals surface area contributed by atoms with Gasteiger partial charge in [0.1, 0.15) is 0 Å². The number of aromatic nitrogens is 3. The summed E-state index contributed by atoms with van der Waals surface area (Å²) in [5.41, 5.74) is 4.81.